The van der Waals surface area contributed by atoms with Crippen LogP contribution >= 0.6 is 0 Å². The Morgan fingerprint density at radius 3 is 2.42 bits per heavy atom. The lowest BCUT2D eigenvalue weighted by Gasteiger charge is -2.42. The van der Waals surface area contributed by atoms with Crippen LogP contribution in [-0.4, -0.2) is 97.4 Å². The van der Waals surface area contributed by atoms with Gasteiger partial charge in [-0.05, 0) is 112 Å². The molecule has 7 atom stereocenters. The number of unbranched alkanes of at least 4 members (excludes halogenated alkanes) is 2. The number of aryl methyl sites for hydroxylation is 1. The normalized spacial score (nSPS) is 20.9. The van der Waals surface area contributed by atoms with Crippen molar-refractivity contribution in [2.24, 2.45) is 0 Å². The maximum Gasteiger partial charge on any atom is 0.303 e. The van der Waals surface area contributed by atoms with E-state index in [1.807, 2.05) is 37.3 Å². The largest absolute Gasteiger partial charge is 0.508 e. The highest BCUT2D eigenvalue weighted by atomic mass is 16.4. The van der Waals surface area contributed by atoms with Gasteiger partial charge >= 0.3 is 5.97 Å². The average molecular weight is 791 g/mol. The fourth-order valence-electron chi connectivity index (χ4n) is 8.05. The number of carboxylic acids is 1. The summed E-state index contributed by atoms with van der Waals surface area (Å²) in [6.45, 7) is 6.13. The maximum atomic E-state index is 12.8. The van der Waals surface area contributed by atoms with Crippen LogP contribution in [0.3, 0.4) is 0 Å². The van der Waals surface area contributed by atoms with Crippen molar-refractivity contribution in [3.05, 3.63) is 88.5 Å². The summed E-state index contributed by atoms with van der Waals surface area (Å²) in [6, 6.07) is 13.8. The summed E-state index contributed by atoms with van der Waals surface area (Å²) in [7, 11) is 0. The van der Waals surface area contributed by atoms with E-state index >= 15 is 0 Å². The summed E-state index contributed by atoms with van der Waals surface area (Å²) in [5.41, 5.74) is 3.14. The van der Waals surface area contributed by atoms with Gasteiger partial charge in [-0.25, -0.2) is 0 Å². The molecular formula is C47H70N2O8. The predicted octanol–water partition coefficient (Wildman–Crippen LogP) is 6.26. The highest BCUT2D eigenvalue weighted by molar-refractivity contribution is 5.66. The van der Waals surface area contributed by atoms with Crippen molar-refractivity contribution < 1.29 is 40.5 Å². The van der Waals surface area contributed by atoms with Gasteiger partial charge < -0.3 is 46.4 Å². The maximum absolute atomic E-state index is 12.8. The topological polar surface area (TPSA) is 183 Å². The van der Waals surface area contributed by atoms with Gasteiger partial charge in [0.25, 0.3) is 0 Å². The number of aliphatic hydroxyl groups is 5. The van der Waals surface area contributed by atoms with Crippen molar-refractivity contribution in [2.75, 3.05) is 19.8 Å². The summed E-state index contributed by atoms with van der Waals surface area (Å²) in [5.74, 6) is 5.60. The zero-order valence-electron chi connectivity index (χ0n) is 34.5. The molecule has 2 aromatic rings. The van der Waals surface area contributed by atoms with E-state index in [2.05, 4.69) is 35.5 Å². The van der Waals surface area contributed by atoms with Gasteiger partial charge in [-0.2, -0.15) is 0 Å². The number of benzene rings is 2. The number of carboxylic acid groups (broad SMARTS) is 1. The highest BCUT2D eigenvalue weighted by Crippen LogP contribution is 2.38. The molecule has 0 saturated heterocycles. The molecule has 57 heavy (non-hydrogen) atoms. The van der Waals surface area contributed by atoms with E-state index in [0.717, 1.165) is 47.1 Å². The third-order valence-electron chi connectivity index (χ3n) is 11.3. The van der Waals surface area contributed by atoms with E-state index in [4.69, 9.17) is 0 Å². The number of fused-ring (bicyclic) bond motifs is 1. The molecule has 1 heterocycles. The molecule has 3 rings (SSSR count). The Morgan fingerprint density at radius 1 is 0.982 bits per heavy atom. The minimum atomic E-state index is -1.43. The zero-order valence-corrected chi connectivity index (χ0v) is 34.5. The van der Waals surface area contributed by atoms with Crippen molar-refractivity contribution in [1.82, 2.24) is 10.6 Å². The summed E-state index contributed by atoms with van der Waals surface area (Å²) >= 11 is 0. The number of phenols is 1. The number of rotatable bonds is 24. The number of hydrogen-bond acceptors (Lipinski definition) is 9. The van der Waals surface area contributed by atoms with Gasteiger partial charge in [0, 0.05) is 49.1 Å². The molecule has 0 radical (unpaired) electrons. The smallest absolute Gasteiger partial charge is 0.303 e. The van der Waals surface area contributed by atoms with E-state index in [-0.39, 0.29) is 37.7 Å². The fraction of sp³-hybridized carbons (Fsp3) is 0.596. The van der Waals surface area contributed by atoms with Gasteiger partial charge in [-0.15, -0.1) is 0 Å². The van der Waals surface area contributed by atoms with E-state index in [9.17, 15) is 40.5 Å². The number of aromatic hydroxyl groups is 1. The number of aliphatic hydroxyl groups excluding tert-OH is 4. The molecule has 0 saturated carbocycles. The van der Waals surface area contributed by atoms with Crippen molar-refractivity contribution >= 4 is 5.97 Å². The third kappa shape index (κ3) is 16.3. The Hall–Kier alpha value is -3.53. The Kier molecular flexibility index (Phi) is 21.6. The second-order valence-electron chi connectivity index (χ2n) is 15.8. The molecule has 316 valence electrons. The first-order valence-corrected chi connectivity index (χ1v) is 21.2. The Labute approximate surface area is 341 Å². The van der Waals surface area contributed by atoms with Crippen LogP contribution in [0.1, 0.15) is 133 Å². The first-order valence-electron chi connectivity index (χ1n) is 21.2. The minimum absolute atomic E-state index is 0.0101. The first kappa shape index (κ1) is 47.8. The van der Waals surface area contributed by atoms with E-state index in [1.165, 1.54) is 0 Å². The minimum Gasteiger partial charge on any atom is -0.508 e. The van der Waals surface area contributed by atoms with Gasteiger partial charge in [0.1, 0.15) is 5.75 Å². The quantitative estimate of drug-likeness (QED) is 0.0435. The molecule has 0 bridgehead atoms. The van der Waals surface area contributed by atoms with Crippen molar-refractivity contribution in [1.29, 1.82) is 0 Å². The van der Waals surface area contributed by atoms with Gasteiger partial charge in [0.15, 0.2) is 0 Å². The molecule has 10 nitrogen and oxygen atoms in total. The number of nitrogens with one attached hydrogen (secondary N) is 2. The molecule has 9 N–H and O–H groups in total. The van der Waals surface area contributed by atoms with E-state index < -0.39 is 48.4 Å². The molecule has 1 aliphatic heterocycles. The average Bonchev–Trinajstić information content (AvgIpc) is 3.19. The summed E-state index contributed by atoms with van der Waals surface area (Å²) in [4.78, 5) is 11.5. The Morgan fingerprint density at radius 2 is 1.74 bits per heavy atom. The lowest BCUT2D eigenvalue weighted by atomic mass is 9.74. The molecule has 0 fully saturated rings. The molecule has 0 aliphatic carbocycles. The van der Waals surface area contributed by atoms with Crippen LogP contribution in [0, 0.1) is 11.8 Å². The second kappa shape index (κ2) is 25.8. The summed E-state index contributed by atoms with van der Waals surface area (Å²) in [5, 5.41) is 82.0. The number of phenolic OH excluding ortho intramolecular Hbond substituents is 1. The number of carbonyl (C=O) groups is 1. The molecule has 0 amide bonds. The van der Waals surface area contributed by atoms with Crippen LogP contribution in [-0.2, 0) is 11.2 Å². The van der Waals surface area contributed by atoms with Crippen LogP contribution in [0.5, 0.6) is 5.75 Å². The van der Waals surface area contributed by atoms with Gasteiger partial charge in [-0.3, -0.25) is 4.79 Å². The lowest BCUT2D eigenvalue weighted by molar-refractivity contribution is -0.137. The lowest BCUT2D eigenvalue weighted by Crippen LogP contribution is -2.56. The van der Waals surface area contributed by atoms with Crippen LogP contribution in [0.25, 0.3) is 0 Å². The highest BCUT2D eigenvalue weighted by Gasteiger charge is 2.41. The Balaban J connectivity index is 2.25. The molecule has 0 spiro atoms. The molecule has 2 aromatic carbocycles. The number of allylic oxidation sites excluding steroid dienone is 2. The van der Waals surface area contributed by atoms with E-state index in [1.54, 1.807) is 31.2 Å². The fourth-order valence-corrected chi connectivity index (χ4v) is 8.05. The third-order valence-corrected chi connectivity index (χ3v) is 11.3. The van der Waals surface area contributed by atoms with Crippen molar-refractivity contribution in [2.45, 2.75) is 159 Å². The van der Waals surface area contributed by atoms with Crippen molar-refractivity contribution in [3.63, 3.8) is 0 Å². The predicted molar refractivity (Wildman–Crippen MR) is 227 cm³/mol. The molecular weight excluding hydrogens is 721 g/mol. The van der Waals surface area contributed by atoms with Crippen LogP contribution in [0.2, 0.25) is 0 Å². The molecule has 0 unspecified atom stereocenters. The Bertz CT molecular complexity index is 1590. The molecule has 0 aromatic heterocycles. The van der Waals surface area contributed by atoms with E-state index in [0.29, 0.717) is 64.3 Å². The second-order valence-corrected chi connectivity index (χ2v) is 15.8. The van der Waals surface area contributed by atoms with Crippen LogP contribution in [0.4, 0.5) is 0 Å². The number of hydrogen-bond donors (Lipinski definition) is 9. The first-order chi connectivity index (χ1) is 27.4. The van der Waals surface area contributed by atoms with Crippen LogP contribution < -0.4 is 10.6 Å². The van der Waals surface area contributed by atoms with Gasteiger partial charge in [0.05, 0.1) is 24.4 Å². The number of aliphatic carboxylic acids is 1. The monoisotopic (exact) mass is 791 g/mol. The zero-order chi connectivity index (χ0) is 41.6. The van der Waals surface area contributed by atoms with Gasteiger partial charge in [0.2, 0.25) is 0 Å². The van der Waals surface area contributed by atoms with Gasteiger partial charge in [-0.1, -0.05) is 93.9 Å². The summed E-state index contributed by atoms with van der Waals surface area (Å²) in [6.07, 6.45) is 10.8. The van der Waals surface area contributed by atoms with Crippen LogP contribution in [0.15, 0.2) is 71.8 Å². The standard InChI is InChI=1S/C47H70N2O8/c1-4-6-7-17-39(52)27-23-36-22-21-35-14-9-8-13-34(35)15-10-20-45(47(3,57)43(18-12-31-50)37-24-28-40(53)29-25-37)49-44(42(36)32-41(54)33-51)19-11-16-38(48-5-2)26-30-46(55)56/h8-9,13-14,23-25,27-29,38-39,41,43-45,48-54,57H,4-7,11-12,16-22,26,30-33H2,1-3H3,(H,55,56)/b27-23+,42-36+/t38-,39+,41+,43-,44+,45-,47+/m1/s1. The van der Waals surface area contributed by atoms with Crippen molar-refractivity contribution in [3.8, 4) is 17.6 Å². The molecule has 1 aliphatic rings. The summed E-state index contributed by atoms with van der Waals surface area (Å²) < 4.78 is 0. The SMILES string of the molecule is CCCCC[C@H](O)/C=C/C1=C(\C[C@H](O)CO)[C@H](CCC[C@H](CCC(=O)O)NCC)N[C@@H]([C@@](C)(O)[C@H](CCCO)c2ccc(O)cc2)CC#Cc2ccccc2CC1. The molecule has 10 heteroatoms.